The van der Waals surface area contributed by atoms with E-state index in [4.69, 9.17) is 14.2 Å². The third-order valence-corrected chi connectivity index (χ3v) is 5.44. The summed E-state index contributed by atoms with van der Waals surface area (Å²) in [6.45, 7) is 8.03. The van der Waals surface area contributed by atoms with Gasteiger partial charge in [0.25, 0.3) is 0 Å². The lowest BCUT2D eigenvalue weighted by molar-refractivity contribution is -0.139. The molecule has 0 saturated carbocycles. The molecule has 0 amide bonds. The Morgan fingerprint density at radius 1 is 0.844 bits per heavy atom. The highest BCUT2D eigenvalue weighted by Crippen LogP contribution is 2.39. The highest BCUT2D eigenvalue weighted by Gasteiger charge is 2.36. The summed E-state index contributed by atoms with van der Waals surface area (Å²) in [6, 6.07) is 13.3. The van der Waals surface area contributed by atoms with Crippen molar-refractivity contribution in [2.24, 2.45) is 0 Å². The first-order valence-corrected chi connectivity index (χ1v) is 10.7. The van der Waals surface area contributed by atoms with E-state index in [1.54, 1.807) is 50.4 Å². The molecule has 1 aliphatic rings. The number of benzene rings is 2. The Kier molecular flexibility index (Phi) is 7.36. The first-order valence-electron chi connectivity index (χ1n) is 10.7. The second-order valence-electron chi connectivity index (χ2n) is 7.49. The summed E-state index contributed by atoms with van der Waals surface area (Å²) in [7, 11) is 1.59. The molecule has 6 heteroatoms. The van der Waals surface area contributed by atoms with Crippen molar-refractivity contribution in [1.82, 2.24) is 0 Å². The lowest BCUT2D eigenvalue weighted by Gasteiger charge is -2.30. The number of ether oxygens (including phenoxy) is 3. The fraction of sp³-hybridized carbons (Fsp3) is 0.308. The molecule has 0 spiro atoms. The van der Waals surface area contributed by atoms with E-state index in [0.29, 0.717) is 16.9 Å². The number of hydrogen-bond donors (Lipinski definition) is 0. The summed E-state index contributed by atoms with van der Waals surface area (Å²) < 4.78 is 16.0. The molecule has 0 radical (unpaired) electrons. The minimum absolute atomic E-state index is 0.230. The first kappa shape index (κ1) is 23.1. The van der Waals surface area contributed by atoms with Crippen LogP contribution in [0.5, 0.6) is 5.75 Å². The van der Waals surface area contributed by atoms with Gasteiger partial charge in [-0.15, -0.1) is 0 Å². The maximum Gasteiger partial charge on any atom is 0.336 e. The topological polar surface area (TPSA) is 65.1 Å². The number of hydrogen-bond acceptors (Lipinski definition) is 6. The molecule has 1 heterocycles. The van der Waals surface area contributed by atoms with E-state index in [-0.39, 0.29) is 13.2 Å². The Balaban J connectivity index is 2.17. The van der Waals surface area contributed by atoms with E-state index in [1.165, 1.54) is 0 Å². The lowest BCUT2D eigenvalue weighted by Crippen LogP contribution is -2.29. The summed E-state index contributed by atoms with van der Waals surface area (Å²) in [5.41, 5.74) is 4.60. The van der Waals surface area contributed by atoms with Crippen LogP contribution in [0.3, 0.4) is 0 Å². The molecule has 3 rings (SSSR count). The number of esters is 2. The molecule has 0 aromatic heterocycles. The monoisotopic (exact) mass is 435 g/mol. The maximum atomic E-state index is 13.0. The van der Waals surface area contributed by atoms with Gasteiger partial charge in [0.1, 0.15) is 5.75 Å². The Bertz CT molecular complexity index is 1020. The lowest BCUT2D eigenvalue weighted by atomic mass is 9.83. The molecule has 0 aliphatic carbocycles. The quantitative estimate of drug-likeness (QED) is 0.582. The molecular formula is C26H29NO5. The van der Waals surface area contributed by atoms with E-state index in [2.05, 4.69) is 0 Å². The van der Waals surface area contributed by atoms with Crippen molar-refractivity contribution in [3.8, 4) is 5.75 Å². The molecule has 6 nitrogen and oxygen atoms in total. The van der Waals surface area contributed by atoms with E-state index in [9.17, 15) is 9.59 Å². The zero-order valence-corrected chi connectivity index (χ0v) is 19.2. The third kappa shape index (κ3) is 4.85. The summed E-state index contributed by atoms with van der Waals surface area (Å²) in [6.07, 6.45) is 3.47. The molecule has 0 unspecified atom stereocenters. The van der Waals surface area contributed by atoms with Crippen LogP contribution in [0.1, 0.15) is 36.5 Å². The molecule has 0 bridgehead atoms. The van der Waals surface area contributed by atoms with Gasteiger partial charge in [0.05, 0.1) is 37.4 Å². The van der Waals surface area contributed by atoms with Gasteiger partial charge in [-0.05, 0) is 68.7 Å². The average Bonchev–Trinajstić information content (AvgIpc) is 2.80. The van der Waals surface area contributed by atoms with E-state index in [0.717, 1.165) is 22.4 Å². The predicted molar refractivity (Wildman–Crippen MR) is 124 cm³/mol. The fourth-order valence-corrected chi connectivity index (χ4v) is 3.61. The van der Waals surface area contributed by atoms with Crippen LogP contribution in [-0.2, 0) is 19.1 Å². The van der Waals surface area contributed by atoms with Crippen LogP contribution in [-0.4, -0.2) is 32.3 Å². The van der Waals surface area contributed by atoms with Crippen LogP contribution in [0.15, 0.2) is 66.0 Å². The minimum Gasteiger partial charge on any atom is -0.497 e. The molecule has 0 atom stereocenters. The highest BCUT2D eigenvalue weighted by atomic mass is 16.5. The second-order valence-corrected chi connectivity index (χ2v) is 7.49. The van der Waals surface area contributed by atoms with Gasteiger partial charge in [0.15, 0.2) is 0 Å². The van der Waals surface area contributed by atoms with Crippen molar-refractivity contribution in [2.75, 3.05) is 25.2 Å². The van der Waals surface area contributed by atoms with E-state index < -0.39 is 17.9 Å². The van der Waals surface area contributed by atoms with Crippen LogP contribution < -0.4 is 9.64 Å². The maximum absolute atomic E-state index is 13.0. The Morgan fingerprint density at radius 2 is 1.41 bits per heavy atom. The number of carbonyl (C=O) groups is 2. The molecule has 0 fully saturated rings. The summed E-state index contributed by atoms with van der Waals surface area (Å²) in [4.78, 5) is 27.8. The Labute approximate surface area is 189 Å². The van der Waals surface area contributed by atoms with Crippen LogP contribution in [0.2, 0.25) is 0 Å². The van der Waals surface area contributed by atoms with Gasteiger partial charge in [0, 0.05) is 18.1 Å². The van der Waals surface area contributed by atoms with E-state index in [1.807, 2.05) is 44.2 Å². The minimum atomic E-state index is -0.623. The van der Waals surface area contributed by atoms with Crippen LogP contribution in [0.4, 0.5) is 5.69 Å². The summed E-state index contributed by atoms with van der Waals surface area (Å²) >= 11 is 0. The molecule has 1 aliphatic heterocycles. The first-order chi connectivity index (χ1) is 15.4. The van der Waals surface area contributed by atoms with Crippen LogP contribution >= 0.6 is 0 Å². The van der Waals surface area contributed by atoms with Crippen molar-refractivity contribution in [1.29, 1.82) is 0 Å². The van der Waals surface area contributed by atoms with Gasteiger partial charge in [-0.1, -0.05) is 18.2 Å². The summed E-state index contributed by atoms with van der Waals surface area (Å²) in [5, 5.41) is 0. The van der Waals surface area contributed by atoms with E-state index >= 15 is 0 Å². The number of rotatable bonds is 7. The zero-order chi connectivity index (χ0) is 23.3. The third-order valence-electron chi connectivity index (χ3n) is 5.44. The molecule has 0 N–H and O–H groups in total. The van der Waals surface area contributed by atoms with Gasteiger partial charge in [0.2, 0.25) is 0 Å². The predicted octanol–water partition coefficient (Wildman–Crippen LogP) is 4.81. The van der Waals surface area contributed by atoms with Gasteiger partial charge < -0.3 is 19.1 Å². The molecule has 2 aromatic carbocycles. The van der Waals surface area contributed by atoms with Crippen LogP contribution in [0, 0.1) is 13.8 Å². The SMILES string of the molecule is CCOC(=O)C1=CN(c2ccc(C)c(C)c2)C=C(C(=O)OCC)C1c1ccc(OC)cc1. The highest BCUT2D eigenvalue weighted by molar-refractivity contribution is 6.00. The summed E-state index contributed by atoms with van der Waals surface area (Å²) in [5.74, 6) is -0.888. The Hall–Kier alpha value is -3.54. The molecule has 0 saturated heterocycles. The van der Waals surface area contributed by atoms with Gasteiger partial charge in [-0.3, -0.25) is 0 Å². The Morgan fingerprint density at radius 3 is 1.88 bits per heavy atom. The van der Waals surface area contributed by atoms with Gasteiger partial charge in [-0.2, -0.15) is 0 Å². The molecular weight excluding hydrogens is 406 g/mol. The van der Waals surface area contributed by atoms with Crippen molar-refractivity contribution in [3.63, 3.8) is 0 Å². The number of aryl methyl sites for hydroxylation is 2. The van der Waals surface area contributed by atoms with Crippen molar-refractivity contribution >= 4 is 17.6 Å². The molecule has 168 valence electrons. The van der Waals surface area contributed by atoms with Crippen molar-refractivity contribution < 1.29 is 23.8 Å². The smallest absolute Gasteiger partial charge is 0.336 e. The number of carbonyl (C=O) groups excluding carboxylic acids is 2. The zero-order valence-electron chi connectivity index (χ0n) is 19.2. The van der Waals surface area contributed by atoms with Gasteiger partial charge in [-0.25, -0.2) is 9.59 Å². The van der Waals surface area contributed by atoms with Crippen molar-refractivity contribution in [2.45, 2.75) is 33.6 Å². The fourth-order valence-electron chi connectivity index (χ4n) is 3.61. The van der Waals surface area contributed by atoms with Crippen molar-refractivity contribution in [3.05, 3.63) is 82.7 Å². The van der Waals surface area contributed by atoms with Gasteiger partial charge >= 0.3 is 11.9 Å². The standard InChI is InChI=1S/C26H29NO5/c1-6-31-25(28)22-15-27(20-11-8-17(3)18(4)14-20)16-23(26(29)32-7-2)24(22)19-9-12-21(30-5)13-10-19/h8-16,24H,6-7H2,1-5H3. The normalized spacial score (nSPS) is 13.8. The second kappa shape index (κ2) is 10.2. The average molecular weight is 436 g/mol. The largest absolute Gasteiger partial charge is 0.497 e. The van der Waals surface area contributed by atoms with Crippen LogP contribution in [0.25, 0.3) is 0 Å². The molecule has 32 heavy (non-hydrogen) atoms. The number of anilines is 1. The molecule has 2 aromatic rings. The number of nitrogens with zero attached hydrogens (tertiary/aromatic N) is 1. The number of methoxy groups -OCH3 is 1.